The fourth-order valence-corrected chi connectivity index (χ4v) is 3.31. The summed E-state index contributed by atoms with van der Waals surface area (Å²) in [5.74, 6) is 0. The van der Waals surface area contributed by atoms with Gasteiger partial charge in [0.25, 0.3) is 0 Å². The van der Waals surface area contributed by atoms with E-state index in [4.69, 9.17) is 4.74 Å². The fraction of sp³-hybridized carbons (Fsp3) is 0.625. The third kappa shape index (κ3) is 2.99. The van der Waals surface area contributed by atoms with Gasteiger partial charge in [-0.2, -0.15) is 0 Å². The summed E-state index contributed by atoms with van der Waals surface area (Å²) in [5.41, 5.74) is 2.09. The minimum atomic E-state index is -0.571. The van der Waals surface area contributed by atoms with Crippen molar-refractivity contribution < 1.29 is 9.84 Å². The first-order valence-corrected chi connectivity index (χ1v) is 7.39. The Bertz CT molecular complexity index is 425. The molecular weight excluding hydrogens is 238 g/mol. The number of nitrogens with one attached hydrogen (secondary N) is 1. The van der Waals surface area contributed by atoms with Crippen LogP contribution in [0.5, 0.6) is 0 Å². The van der Waals surface area contributed by atoms with E-state index in [0.717, 1.165) is 51.8 Å². The quantitative estimate of drug-likeness (QED) is 0.857. The molecule has 2 N–H and O–H groups in total. The van der Waals surface area contributed by atoms with Crippen LogP contribution in [0.3, 0.4) is 0 Å². The van der Waals surface area contributed by atoms with Crippen molar-refractivity contribution in [2.75, 3.05) is 19.7 Å². The molecule has 19 heavy (non-hydrogen) atoms. The van der Waals surface area contributed by atoms with Crippen LogP contribution < -0.4 is 5.32 Å². The Morgan fingerprint density at radius 1 is 1.26 bits per heavy atom. The normalized spacial score (nSPS) is 31.5. The standard InChI is InChI=1S/C16H23NO2/c18-16(7-3-9-17-10-8-16)12-15-14-5-2-1-4-13(14)6-11-19-15/h1-2,4-5,15,17-18H,3,6-12H2. The van der Waals surface area contributed by atoms with Crippen molar-refractivity contribution in [2.45, 2.75) is 43.8 Å². The lowest BCUT2D eigenvalue weighted by atomic mass is 9.84. The number of hydrogen-bond donors (Lipinski definition) is 2. The highest BCUT2D eigenvalue weighted by molar-refractivity contribution is 5.31. The van der Waals surface area contributed by atoms with Crippen LogP contribution in [-0.2, 0) is 11.2 Å². The van der Waals surface area contributed by atoms with E-state index in [1.54, 1.807) is 0 Å². The smallest absolute Gasteiger partial charge is 0.0855 e. The third-order valence-electron chi connectivity index (χ3n) is 4.42. The molecule has 2 aliphatic rings. The molecule has 3 rings (SSSR count). The first kappa shape index (κ1) is 13.1. The molecule has 0 amide bonds. The molecule has 0 spiro atoms. The molecule has 0 radical (unpaired) electrons. The van der Waals surface area contributed by atoms with Crippen LogP contribution in [0.1, 0.15) is 42.9 Å². The van der Waals surface area contributed by atoms with Crippen molar-refractivity contribution in [3.8, 4) is 0 Å². The Labute approximate surface area is 115 Å². The largest absolute Gasteiger partial charge is 0.390 e. The van der Waals surface area contributed by atoms with Crippen LogP contribution in [0.4, 0.5) is 0 Å². The minimum absolute atomic E-state index is 0.0630. The van der Waals surface area contributed by atoms with Gasteiger partial charge in [0.15, 0.2) is 0 Å². The zero-order valence-electron chi connectivity index (χ0n) is 11.4. The van der Waals surface area contributed by atoms with E-state index in [1.807, 2.05) is 0 Å². The Morgan fingerprint density at radius 3 is 3.11 bits per heavy atom. The number of aliphatic hydroxyl groups is 1. The highest BCUT2D eigenvalue weighted by Gasteiger charge is 2.33. The molecule has 1 saturated heterocycles. The molecular formula is C16H23NO2. The maximum absolute atomic E-state index is 10.8. The maximum atomic E-state index is 10.8. The fourth-order valence-electron chi connectivity index (χ4n) is 3.31. The van der Waals surface area contributed by atoms with E-state index >= 15 is 0 Å². The summed E-state index contributed by atoms with van der Waals surface area (Å²) in [7, 11) is 0. The molecule has 3 nitrogen and oxygen atoms in total. The van der Waals surface area contributed by atoms with Gasteiger partial charge in [0.05, 0.1) is 18.3 Å². The molecule has 2 atom stereocenters. The van der Waals surface area contributed by atoms with E-state index in [0.29, 0.717) is 0 Å². The number of ether oxygens (including phenoxy) is 1. The number of rotatable bonds is 2. The maximum Gasteiger partial charge on any atom is 0.0855 e. The van der Waals surface area contributed by atoms with Gasteiger partial charge in [0.1, 0.15) is 0 Å². The van der Waals surface area contributed by atoms with Crippen LogP contribution in [0, 0.1) is 0 Å². The Kier molecular flexibility index (Phi) is 3.87. The predicted octanol–water partition coefficient (Wildman–Crippen LogP) is 2.20. The molecule has 0 aliphatic carbocycles. The minimum Gasteiger partial charge on any atom is -0.390 e. The summed E-state index contributed by atoms with van der Waals surface area (Å²) in [6.07, 6.45) is 4.54. The third-order valence-corrected chi connectivity index (χ3v) is 4.42. The topological polar surface area (TPSA) is 41.5 Å². The van der Waals surface area contributed by atoms with Gasteiger partial charge in [-0.1, -0.05) is 24.3 Å². The highest BCUT2D eigenvalue weighted by atomic mass is 16.5. The molecule has 0 bridgehead atoms. The zero-order chi connectivity index (χ0) is 13.1. The Balaban J connectivity index is 1.76. The summed E-state index contributed by atoms with van der Waals surface area (Å²) >= 11 is 0. The summed E-state index contributed by atoms with van der Waals surface area (Å²) in [4.78, 5) is 0. The lowest BCUT2D eigenvalue weighted by Crippen LogP contribution is -2.34. The van der Waals surface area contributed by atoms with Crippen LogP contribution in [0.2, 0.25) is 0 Å². The van der Waals surface area contributed by atoms with Gasteiger partial charge < -0.3 is 15.2 Å². The Morgan fingerprint density at radius 2 is 2.16 bits per heavy atom. The average Bonchev–Trinajstić information content (AvgIpc) is 2.64. The monoisotopic (exact) mass is 261 g/mol. The van der Waals surface area contributed by atoms with Crippen molar-refractivity contribution in [1.82, 2.24) is 5.32 Å². The van der Waals surface area contributed by atoms with E-state index in [1.165, 1.54) is 11.1 Å². The first-order chi connectivity index (χ1) is 9.27. The second kappa shape index (κ2) is 5.61. The summed E-state index contributed by atoms with van der Waals surface area (Å²) < 4.78 is 5.93. The first-order valence-electron chi connectivity index (χ1n) is 7.39. The van der Waals surface area contributed by atoms with Crippen LogP contribution in [-0.4, -0.2) is 30.4 Å². The molecule has 2 heterocycles. The molecule has 1 fully saturated rings. The van der Waals surface area contributed by atoms with Crippen LogP contribution in [0.15, 0.2) is 24.3 Å². The lowest BCUT2D eigenvalue weighted by molar-refractivity contribution is -0.0519. The zero-order valence-corrected chi connectivity index (χ0v) is 11.4. The summed E-state index contributed by atoms with van der Waals surface area (Å²) in [5, 5.41) is 14.2. The van der Waals surface area contributed by atoms with Crippen molar-refractivity contribution in [3.05, 3.63) is 35.4 Å². The number of benzene rings is 1. The van der Waals surface area contributed by atoms with Gasteiger partial charge in [0, 0.05) is 6.42 Å². The molecule has 2 aliphatic heterocycles. The van der Waals surface area contributed by atoms with Gasteiger partial charge in [-0.25, -0.2) is 0 Å². The summed E-state index contributed by atoms with van der Waals surface area (Å²) in [6.45, 7) is 2.70. The average molecular weight is 261 g/mol. The van der Waals surface area contributed by atoms with Crippen molar-refractivity contribution in [2.24, 2.45) is 0 Å². The number of hydrogen-bond acceptors (Lipinski definition) is 3. The van der Waals surface area contributed by atoms with E-state index in [2.05, 4.69) is 29.6 Å². The second-order valence-corrected chi connectivity index (χ2v) is 5.84. The Hall–Kier alpha value is -0.900. The van der Waals surface area contributed by atoms with Gasteiger partial charge in [-0.05, 0) is 49.9 Å². The molecule has 0 saturated carbocycles. The molecule has 1 aromatic carbocycles. The van der Waals surface area contributed by atoms with Gasteiger partial charge in [0.2, 0.25) is 0 Å². The SMILES string of the molecule is OC1(CC2OCCc3ccccc32)CCCNCC1. The van der Waals surface area contributed by atoms with Crippen LogP contribution in [0.25, 0.3) is 0 Å². The van der Waals surface area contributed by atoms with Gasteiger partial charge >= 0.3 is 0 Å². The molecule has 104 valence electrons. The molecule has 0 aromatic heterocycles. The van der Waals surface area contributed by atoms with Gasteiger partial charge in [-0.15, -0.1) is 0 Å². The van der Waals surface area contributed by atoms with Crippen molar-refractivity contribution in [3.63, 3.8) is 0 Å². The highest BCUT2D eigenvalue weighted by Crippen LogP contribution is 2.36. The van der Waals surface area contributed by atoms with E-state index in [9.17, 15) is 5.11 Å². The molecule has 1 aromatic rings. The van der Waals surface area contributed by atoms with E-state index < -0.39 is 5.60 Å². The van der Waals surface area contributed by atoms with Gasteiger partial charge in [-0.3, -0.25) is 0 Å². The number of fused-ring (bicyclic) bond motifs is 1. The van der Waals surface area contributed by atoms with Crippen LogP contribution >= 0.6 is 0 Å². The lowest BCUT2D eigenvalue weighted by Gasteiger charge is -2.34. The van der Waals surface area contributed by atoms with Crippen molar-refractivity contribution >= 4 is 0 Å². The molecule has 2 unspecified atom stereocenters. The van der Waals surface area contributed by atoms with E-state index in [-0.39, 0.29) is 6.10 Å². The van der Waals surface area contributed by atoms with Crippen molar-refractivity contribution in [1.29, 1.82) is 0 Å². The predicted molar refractivity (Wildman–Crippen MR) is 75.1 cm³/mol. The molecule has 3 heteroatoms. The summed E-state index contributed by atoms with van der Waals surface area (Å²) in [6, 6.07) is 8.49. The second-order valence-electron chi connectivity index (χ2n) is 5.84.